The normalized spacial score (nSPS) is 10.3. The smallest absolute Gasteiger partial charge is 0.321 e. The number of ether oxygens (including phenoxy) is 1. The van der Waals surface area contributed by atoms with E-state index >= 15 is 0 Å². The predicted octanol–water partition coefficient (Wildman–Crippen LogP) is 4.02. The quantitative estimate of drug-likeness (QED) is 0.742. The SMILES string of the molecule is CC(C)NC(=O)N(C)c1ccc(OCC(=O)Nc2ccc(Br)cc2)cc1. The topological polar surface area (TPSA) is 70.7 Å². The van der Waals surface area contributed by atoms with Crippen molar-refractivity contribution in [1.82, 2.24) is 5.32 Å². The number of amides is 3. The molecule has 3 amide bonds. The van der Waals surface area contributed by atoms with Gasteiger partial charge in [0, 0.05) is 28.9 Å². The lowest BCUT2D eigenvalue weighted by Gasteiger charge is -2.20. The number of nitrogens with one attached hydrogen (secondary N) is 2. The first-order valence-electron chi connectivity index (χ1n) is 8.17. The van der Waals surface area contributed by atoms with E-state index in [0.29, 0.717) is 11.4 Å². The fourth-order valence-corrected chi connectivity index (χ4v) is 2.37. The predicted molar refractivity (Wildman–Crippen MR) is 107 cm³/mol. The molecule has 0 saturated carbocycles. The summed E-state index contributed by atoms with van der Waals surface area (Å²) in [5.74, 6) is 0.308. The summed E-state index contributed by atoms with van der Waals surface area (Å²) in [7, 11) is 1.69. The molecule has 0 aliphatic rings. The van der Waals surface area contributed by atoms with Crippen LogP contribution in [0.1, 0.15) is 13.8 Å². The molecule has 6 nitrogen and oxygen atoms in total. The summed E-state index contributed by atoms with van der Waals surface area (Å²) in [6.45, 7) is 3.71. The number of rotatable bonds is 6. The van der Waals surface area contributed by atoms with Gasteiger partial charge in [-0.05, 0) is 62.4 Å². The Hall–Kier alpha value is -2.54. The molecule has 2 rings (SSSR count). The van der Waals surface area contributed by atoms with Crippen molar-refractivity contribution in [3.8, 4) is 5.75 Å². The van der Waals surface area contributed by atoms with Crippen LogP contribution in [0.25, 0.3) is 0 Å². The fraction of sp³-hybridized carbons (Fsp3) is 0.263. The average Bonchev–Trinajstić information content (AvgIpc) is 2.61. The molecule has 0 radical (unpaired) electrons. The average molecular weight is 420 g/mol. The molecule has 0 fully saturated rings. The zero-order chi connectivity index (χ0) is 19.1. The lowest BCUT2D eigenvalue weighted by Crippen LogP contribution is -2.40. The molecule has 0 heterocycles. The Labute approximate surface area is 161 Å². The molecule has 0 bridgehead atoms. The van der Waals surface area contributed by atoms with Gasteiger partial charge in [-0.15, -0.1) is 0 Å². The summed E-state index contributed by atoms with van der Waals surface area (Å²) < 4.78 is 6.43. The van der Waals surface area contributed by atoms with E-state index in [4.69, 9.17) is 4.74 Å². The lowest BCUT2D eigenvalue weighted by molar-refractivity contribution is -0.118. The highest BCUT2D eigenvalue weighted by atomic mass is 79.9. The Kier molecular flexibility index (Phi) is 7.03. The van der Waals surface area contributed by atoms with Crippen LogP contribution in [-0.4, -0.2) is 31.6 Å². The Morgan fingerprint density at radius 3 is 2.27 bits per heavy atom. The Bertz CT molecular complexity index is 746. The first-order valence-corrected chi connectivity index (χ1v) is 8.97. The molecule has 0 spiro atoms. The lowest BCUT2D eigenvalue weighted by atomic mass is 10.3. The molecule has 2 N–H and O–H groups in total. The van der Waals surface area contributed by atoms with Gasteiger partial charge < -0.3 is 15.4 Å². The van der Waals surface area contributed by atoms with E-state index in [-0.39, 0.29) is 24.6 Å². The summed E-state index contributed by atoms with van der Waals surface area (Å²) in [5.41, 5.74) is 1.43. The van der Waals surface area contributed by atoms with E-state index < -0.39 is 0 Å². The number of halogens is 1. The zero-order valence-electron chi connectivity index (χ0n) is 15.0. The van der Waals surface area contributed by atoms with Crippen molar-refractivity contribution in [2.24, 2.45) is 0 Å². The van der Waals surface area contributed by atoms with Crippen molar-refractivity contribution in [1.29, 1.82) is 0 Å². The maximum absolute atomic E-state index is 12.0. The number of benzene rings is 2. The highest BCUT2D eigenvalue weighted by Crippen LogP contribution is 2.19. The monoisotopic (exact) mass is 419 g/mol. The fourth-order valence-electron chi connectivity index (χ4n) is 2.11. The summed E-state index contributed by atoms with van der Waals surface area (Å²) in [6, 6.07) is 14.2. The van der Waals surface area contributed by atoms with E-state index in [9.17, 15) is 9.59 Å². The molecule has 26 heavy (non-hydrogen) atoms. The molecule has 0 atom stereocenters. The van der Waals surface area contributed by atoms with Gasteiger partial charge in [-0.2, -0.15) is 0 Å². The molecule has 0 unspecified atom stereocenters. The minimum Gasteiger partial charge on any atom is -0.484 e. The Morgan fingerprint density at radius 1 is 1.08 bits per heavy atom. The zero-order valence-corrected chi connectivity index (χ0v) is 16.5. The molecule has 0 aliphatic carbocycles. The molecule has 0 aliphatic heterocycles. The summed E-state index contributed by atoms with van der Waals surface area (Å²) in [4.78, 5) is 25.4. The number of carbonyl (C=O) groups is 2. The Morgan fingerprint density at radius 2 is 1.69 bits per heavy atom. The number of nitrogens with zero attached hydrogens (tertiary/aromatic N) is 1. The van der Waals surface area contributed by atoms with Crippen molar-refractivity contribution in [2.75, 3.05) is 23.9 Å². The van der Waals surface area contributed by atoms with Crippen LogP contribution in [0.15, 0.2) is 53.0 Å². The molecule has 0 aromatic heterocycles. The van der Waals surface area contributed by atoms with Gasteiger partial charge in [0.15, 0.2) is 6.61 Å². The van der Waals surface area contributed by atoms with Gasteiger partial charge in [0.05, 0.1) is 0 Å². The van der Waals surface area contributed by atoms with Crippen molar-refractivity contribution in [2.45, 2.75) is 19.9 Å². The molecular weight excluding hydrogens is 398 g/mol. The summed E-state index contributed by atoms with van der Waals surface area (Å²) in [5, 5.41) is 5.58. The summed E-state index contributed by atoms with van der Waals surface area (Å²) in [6.07, 6.45) is 0. The highest BCUT2D eigenvalue weighted by Gasteiger charge is 2.11. The number of urea groups is 1. The number of hydrogen-bond donors (Lipinski definition) is 2. The molecule has 0 saturated heterocycles. The van der Waals surface area contributed by atoms with Gasteiger partial charge in [-0.3, -0.25) is 9.69 Å². The second-order valence-electron chi connectivity index (χ2n) is 6.00. The van der Waals surface area contributed by atoms with Crippen molar-refractivity contribution < 1.29 is 14.3 Å². The van der Waals surface area contributed by atoms with E-state index in [0.717, 1.165) is 10.2 Å². The number of carbonyl (C=O) groups excluding carboxylic acids is 2. The minimum atomic E-state index is -0.246. The van der Waals surface area contributed by atoms with Crippen LogP contribution in [0, 0.1) is 0 Å². The van der Waals surface area contributed by atoms with Gasteiger partial charge in [0.2, 0.25) is 0 Å². The van der Waals surface area contributed by atoms with E-state index in [2.05, 4.69) is 26.6 Å². The maximum Gasteiger partial charge on any atom is 0.321 e. The van der Waals surface area contributed by atoms with Crippen LogP contribution in [0.3, 0.4) is 0 Å². The van der Waals surface area contributed by atoms with Crippen LogP contribution in [0.5, 0.6) is 5.75 Å². The molecule has 138 valence electrons. The molecule has 2 aromatic carbocycles. The van der Waals surface area contributed by atoms with Crippen molar-refractivity contribution in [3.05, 3.63) is 53.0 Å². The van der Waals surface area contributed by atoms with Crippen LogP contribution < -0.4 is 20.3 Å². The number of anilines is 2. The van der Waals surface area contributed by atoms with Gasteiger partial charge in [0.1, 0.15) is 5.75 Å². The second-order valence-corrected chi connectivity index (χ2v) is 6.92. The Balaban J connectivity index is 1.85. The summed E-state index contributed by atoms with van der Waals surface area (Å²) >= 11 is 3.34. The van der Waals surface area contributed by atoms with E-state index in [1.165, 1.54) is 4.90 Å². The van der Waals surface area contributed by atoms with Crippen LogP contribution >= 0.6 is 15.9 Å². The molecule has 2 aromatic rings. The largest absolute Gasteiger partial charge is 0.484 e. The van der Waals surface area contributed by atoms with Gasteiger partial charge >= 0.3 is 6.03 Å². The third kappa shape index (κ3) is 6.07. The van der Waals surface area contributed by atoms with Gasteiger partial charge in [0.25, 0.3) is 5.91 Å². The first kappa shape index (κ1) is 19.8. The molecular formula is C19H22BrN3O3. The van der Waals surface area contributed by atoms with E-state index in [1.807, 2.05) is 26.0 Å². The maximum atomic E-state index is 12.0. The third-order valence-corrected chi connectivity index (χ3v) is 3.97. The van der Waals surface area contributed by atoms with Crippen molar-refractivity contribution in [3.63, 3.8) is 0 Å². The van der Waals surface area contributed by atoms with Crippen LogP contribution in [0.2, 0.25) is 0 Å². The van der Waals surface area contributed by atoms with Crippen LogP contribution in [-0.2, 0) is 4.79 Å². The second kappa shape index (κ2) is 9.24. The minimum absolute atomic E-state index is 0.0665. The van der Waals surface area contributed by atoms with E-state index in [1.54, 1.807) is 43.4 Å². The van der Waals surface area contributed by atoms with Crippen LogP contribution in [0.4, 0.5) is 16.2 Å². The van der Waals surface area contributed by atoms with Gasteiger partial charge in [-0.25, -0.2) is 4.79 Å². The number of hydrogen-bond acceptors (Lipinski definition) is 3. The molecule has 7 heteroatoms. The van der Waals surface area contributed by atoms with Crippen molar-refractivity contribution >= 4 is 39.2 Å². The highest BCUT2D eigenvalue weighted by molar-refractivity contribution is 9.10. The standard InChI is InChI=1S/C19H22BrN3O3/c1-13(2)21-19(25)23(3)16-8-10-17(11-9-16)26-12-18(24)22-15-6-4-14(20)5-7-15/h4-11,13H,12H2,1-3H3,(H,21,25)(H,22,24). The van der Waals surface area contributed by atoms with Gasteiger partial charge in [-0.1, -0.05) is 15.9 Å². The third-order valence-electron chi connectivity index (χ3n) is 3.44. The first-order chi connectivity index (χ1) is 12.3.